The van der Waals surface area contributed by atoms with Crippen LogP contribution in [0.15, 0.2) is 24.3 Å². The van der Waals surface area contributed by atoms with E-state index in [1.807, 2.05) is 26.0 Å². The summed E-state index contributed by atoms with van der Waals surface area (Å²) >= 11 is 0. The van der Waals surface area contributed by atoms with Crippen molar-refractivity contribution in [3.05, 3.63) is 29.8 Å². The summed E-state index contributed by atoms with van der Waals surface area (Å²) < 4.78 is 0. The fourth-order valence-corrected chi connectivity index (χ4v) is 1.82. The topological polar surface area (TPSA) is 55.1 Å². The average molecular weight is 248 g/mol. The molecule has 0 aliphatic heterocycles. The molecule has 0 fully saturated rings. The second kappa shape index (κ2) is 6.55. The van der Waals surface area contributed by atoms with Crippen LogP contribution >= 0.6 is 0 Å². The van der Waals surface area contributed by atoms with Crippen LogP contribution in [0, 0.1) is 5.41 Å². The largest absolute Gasteiger partial charge is 0.330 e. The third kappa shape index (κ3) is 4.15. The minimum Gasteiger partial charge on any atom is -0.330 e. The van der Waals surface area contributed by atoms with Gasteiger partial charge in [-0.25, -0.2) is 0 Å². The zero-order chi connectivity index (χ0) is 13.6. The Morgan fingerprint density at radius 1 is 1.28 bits per heavy atom. The van der Waals surface area contributed by atoms with E-state index < -0.39 is 5.41 Å². The van der Waals surface area contributed by atoms with Crippen LogP contribution in [0.4, 0.5) is 5.69 Å². The number of hydrogen-bond acceptors (Lipinski definition) is 2. The van der Waals surface area contributed by atoms with Gasteiger partial charge < -0.3 is 11.1 Å². The van der Waals surface area contributed by atoms with Crippen molar-refractivity contribution in [2.75, 3.05) is 11.9 Å². The quantitative estimate of drug-likeness (QED) is 0.813. The molecule has 100 valence electrons. The van der Waals surface area contributed by atoms with Crippen LogP contribution in [0.5, 0.6) is 0 Å². The number of nitrogens with one attached hydrogen (secondary N) is 1. The molecule has 3 nitrogen and oxygen atoms in total. The van der Waals surface area contributed by atoms with Crippen LogP contribution in [-0.2, 0) is 11.2 Å². The first-order valence-electron chi connectivity index (χ1n) is 6.60. The van der Waals surface area contributed by atoms with E-state index in [4.69, 9.17) is 5.73 Å². The molecule has 1 aromatic carbocycles. The summed E-state index contributed by atoms with van der Waals surface area (Å²) in [5, 5.41) is 2.94. The molecule has 0 unspecified atom stereocenters. The zero-order valence-electron chi connectivity index (χ0n) is 11.6. The maximum Gasteiger partial charge on any atom is 0.230 e. The number of anilines is 1. The highest BCUT2D eigenvalue weighted by atomic mass is 16.2. The Morgan fingerprint density at radius 3 is 2.39 bits per heavy atom. The molecule has 0 atom stereocenters. The lowest BCUT2D eigenvalue weighted by molar-refractivity contribution is -0.124. The van der Waals surface area contributed by atoms with Gasteiger partial charge in [0.25, 0.3) is 0 Å². The van der Waals surface area contributed by atoms with Crippen LogP contribution in [0.2, 0.25) is 0 Å². The van der Waals surface area contributed by atoms with E-state index in [1.54, 1.807) is 0 Å². The summed E-state index contributed by atoms with van der Waals surface area (Å²) in [6.45, 7) is 6.52. The average Bonchev–Trinajstić information content (AvgIpc) is 2.32. The van der Waals surface area contributed by atoms with Crippen molar-refractivity contribution in [3.8, 4) is 0 Å². The summed E-state index contributed by atoms with van der Waals surface area (Å²) in [5.41, 5.74) is 7.25. The fourth-order valence-electron chi connectivity index (χ4n) is 1.82. The highest BCUT2D eigenvalue weighted by molar-refractivity contribution is 5.94. The Morgan fingerprint density at radius 2 is 1.89 bits per heavy atom. The molecule has 0 saturated carbocycles. The van der Waals surface area contributed by atoms with Gasteiger partial charge in [-0.15, -0.1) is 0 Å². The monoisotopic (exact) mass is 248 g/mol. The molecule has 0 saturated heterocycles. The van der Waals surface area contributed by atoms with Crippen LogP contribution in [0.1, 0.15) is 39.2 Å². The number of carbonyl (C=O) groups excluding carboxylic acids is 1. The predicted molar refractivity (Wildman–Crippen MR) is 76.5 cm³/mol. The molecule has 1 amide bonds. The van der Waals surface area contributed by atoms with E-state index in [2.05, 4.69) is 24.4 Å². The van der Waals surface area contributed by atoms with Crippen molar-refractivity contribution in [1.29, 1.82) is 0 Å². The maximum absolute atomic E-state index is 12.1. The molecule has 0 aliphatic carbocycles. The molecule has 1 rings (SSSR count). The van der Waals surface area contributed by atoms with Gasteiger partial charge in [-0.3, -0.25) is 4.79 Å². The SMILES string of the molecule is CCCc1ccc(NC(=O)C(C)(C)CCN)cc1. The van der Waals surface area contributed by atoms with Crippen LogP contribution in [-0.4, -0.2) is 12.5 Å². The van der Waals surface area contributed by atoms with Crippen molar-refractivity contribution in [2.45, 2.75) is 40.0 Å². The minimum atomic E-state index is -0.420. The summed E-state index contributed by atoms with van der Waals surface area (Å²) in [6.07, 6.45) is 2.90. The molecule has 0 aliphatic rings. The van der Waals surface area contributed by atoms with Gasteiger partial charge in [0.15, 0.2) is 0 Å². The number of amides is 1. The molecule has 3 heteroatoms. The van der Waals surface area contributed by atoms with E-state index in [0.29, 0.717) is 13.0 Å². The minimum absolute atomic E-state index is 0.0243. The molecular formula is C15H24N2O. The number of hydrogen-bond donors (Lipinski definition) is 2. The van der Waals surface area contributed by atoms with Crippen molar-refractivity contribution < 1.29 is 4.79 Å². The Hall–Kier alpha value is -1.35. The van der Waals surface area contributed by atoms with Gasteiger partial charge in [0.1, 0.15) is 0 Å². The van der Waals surface area contributed by atoms with E-state index in [1.165, 1.54) is 5.56 Å². The van der Waals surface area contributed by atoms with Crippen molar-refractivity contribution in [2.24, 2.45) is 11.1 Å². The van der Waals surface area contributed by atoms with Gasteiger partial charge in [0.05, 0.1) is 0 Å². The number of nitrogens with two attached hydrogens (primary N) is 1. The third-order valence-corrected chi connectivity index (χ3v) is 3.13. The van der Waals surface area contributed by atoms with E-state index in [-0.39, 0.29) is 5.91 Å². The second-order valence-electron chi connectivity index (χ2n) is 5.32. The molecule has 3 N–H and O–H groups in total. The van der Waals surface area contributed by atoms with Crippen molar-refractivity contribution in [1.82, 2.24) is 0 Å². The van der Waals surface area contributed by atoms with Crippen molar-refractivity contribution >= 4 is 11.6 Å². The van der Waals surface area contributed by atoms with Gasteiger partial charge in [-0.2, -0.15) is 0 Å². The van der Waals surface area contributed by atoms with E-state index >= 15 is 0 Å². The molecular weight excluding hydrogens is 224 g/mol. The zero-order valence-corrected chi connectivity index (χ0v) is 11.6. The van der Waals surface area contributed by atoms with Gasteiger partial charge in [-0.05, 0) is 37.1 Å². The van der Waals surface area contributed by atoms with E-state index in [0.717, 1.165) is 18.5 Å². The Labute approximate surface area is 110 Å². The number of benzene rings is 1. The summed E-state index contributed by atoms with van der Waals surface area (Å²) in [6, 6.07) is 8.05. The van der Waals surface area contributed by atoms with Crippen LogP contribution in [0.3, 0.4) is 0 Å². The predicted octanol–water partition coefficient (Wildman–Crippen LogP) is 2.95. The Balaban J connectivity index is 2.64. The highest BCUT2D eigenvalue weighted by Gasteiger charge is 2.26. The Kier molecular flexibility index (Phi) is 5.35. The standard InChI is InChI=1S/C15H24N2O/c1-4-5-12-6-8-13(9-7-12)17-14(18)15(2,3)10-11-16/h6-9H,4-5,10-11,16H2,1-3H3,(H,17,18). The van der Waals surface area contributed by atoms with Gasteiger partial charge in [-0.1, -0.05) is 39.3 Å². The van der Waals surface area contributed by atoms with Gasteiger partial charge >= 0.3 is 0 Å². The molecule has 0 spiro atoms. The summed E-state index contributed by atoms with van der Waals surface area (Å²) in [4.78, 5) is 12.1. The fraction of sp³-hybridized carbons (Fsp3) is 0.533. The first-order chi connectivity index (χ1) is 8.49. The van der Waals surface area contributed by atoms with Gasteiger partial charge in [0.2, 0.25) is 5.91 Å². The second-order valence-corrected chi connectivity index (χ2v) is 5.32. The summed E-state index contributed by atoms with van der Waals surface area (Å²) in [7, 11) is 0. The summed E-state index contributed by atoms with van der Waals surface area (Å²) in [5.74, 6) is 0.0243. The molecule has 0 bridgehead atoms. The van der Waals surface area contributed by atoms with Crippen LogP contribution < -0.4 is 11.1 Å². The highest BCUT2D eigenvalue weighted by Crippen LogP contribution is 2.22. The van der Waals surface area contributed by atoms with Crippen LogP contribution in [0.25, 0.3) is 0 Å². The maximum atomic E-state index is 12.1. The number of carbonyl (C=O) groups is 1. The lowest BCUT2D eigenvalue weighted by atomic mass is 9.88. The molecule has 0 radical (unpaired) electrons. The molecule has 0 aromatic heterocycles. The first kappa shape index (κ1) is 14.7. The normalized spacial score (nSPS) is 11.3. The van der Waals surface area contributed by atoms with Gasteiger partial charge in [0, 0.05) is 11.1 Å². The lowest BCUT2D eigenvalue weighted by Gasteiger charge is -2.22. The Bertz CT molecular complexity index is 382. The smallest absolute Gasteiger partial charge is 0.230 e. The third-order valence-electron chi connectivity index (χ3n) is 3.13. The van der Waals surface area contributed by atoms with Crippen molar-refractivity contribution in [3.63, 3.8) is 0 Å². The first-order valence-corrected chi connectivity index (χ1v) is 6.60. The number of rotatable bonds is 6. The number of aryl methyl sites for hydroxylation is 1. The lowest BCUT2D eigenvalue weighted by Crippen LogP contribution is -2.32. The van der Waals surface area contributed by atoms with E-state index in [9.17, 15) is 4.79 Å². The molecule has 0 heterocycles. The molecule has 18 heavy (non-hydrogen) atoms. The molecule has 1 aromatic rings.